The molecular formula is C13H17ClF2N2. The second kappa shape index (κ2) is 4.34. The van der Waals surface area contributed by atoms with Crippen LogP contribution in [0.2, 0.25) is 5.02 Å². The minimum Gasteiger partial charge on any atom is -0.367 e. The minimum absolute atomic E-state index is 0.0972. The van der Waals surface area contributed by atoms with E-state index < -0.39 is 5.92 Å². The van der Waals surface area contributed by atoms with E-state index in [-0.39, 0.29) is 24.3 Å². The Morgan fingerprint density at radius 1 is 1.39 bits per heavy atom. The summed E-state index contributed by atoms with van der Waals surface area (Å²) in [4.78, 5) is 4.13. The van der Waals surface area contributed by atoms with Gasteiger partial charge in [0.1, 0.15) is 5.82 Å². The molecule has 0 atom stereocenters. The van der Waals surface area contributed by atoms with Gasteiger partial charge in [0, 0.05) is 25.1 Å². The van der Waals surface area contributed by atoms with Gasteiger partial charge in [-0.3, -0.25) is 0 Å². The summed E-state index contributed by atoms with van der Waals surface area (Å²) in [7, 11) is 0. The van der Waals surface area contributed by atoms with Crippen molar-refractivity contribution in [1.82, 2.24) is 4.98 Å². The lowest BCUT2D eigenvalue weighted by atomic mass is 9.86. The second-order valence-corrected chi connectivity index (χ2v) is 6.31. The minimum atomic E-state index is -2.52. The molecule has 0 amide bonds. The van der Waals surface area contributed by atoms with Crippen molar-refractivity contribution in [2.45, 2.75) is 51.0 Å². The zero-order chi connectivity index (χ0) is 13.6. The van der Waals surface area contributed by atoms with Gasteiger partial charge in [-0.15, -0.1) is 0 Å². The molecular weight excluding hydrogens is 258 g/mol. The molecule has 0 saturated heterocycles. The van der Waals surface area contributed by atoms with E-state index in [2.05, 4.69) is 31.1 Å². The Morgan fingerprint density at radius 3 is 2.50 bits per heavy atom. The van der Waals surface area contributed by atoms with Crippen molar-refractivity contribution >= 4 is 17.4 Å². The van der Waals surface area contributed by atoms with E-state index >= 15 is 0 Å². The summed E-state index contributed by atoms with van der Waals surface area (Å²) in [5.74, 6) is -1.90. The molecule has 1 aliphatic carbocycles. The standard InChI is InChI=1S/C13H17ClF2N2/c1-12(2,3)9-4-11(17-7-10(9)14)18-8-5-13(15,16)6-8/h4,7-8H,5-6H2,1-3H3,(H,17,18). The number of pyridine rings is 1. The maximum absolute atomic E-state index is 12.7. The highest BCUT2D eigenvalue weighted by atomic mass is 35.5. The lowest BCUT2D eigenvalue weighted by Gasteiger charge is -2.35. The van der Waals surface area contributed by atoms with Crippen molar-refractivity contribution in [2.75, 3.05) is 5.32 Å². The Bertz CT molecular complexity index is 447. The van der Waals surface area contributed by atoms with Crippen LogP contribution in [0.4, 0.5) is 14.6 Å². The number of nitrogens with one attached hydrogen (secondary N) is 1. The first-order valence-corrected chi connectivity index (χ1v) is 6.36. The van der Waals surface area contributed by atoms with Gasteiger partial charge in [0.15, 0.2) is 0 Å². The fraction of sp³-hybridized carbons (Fsp3) is 0.615. The lowest BCUT2D eigenvalue weighted by Crippen LogP contribution is -2.44. The number of aromatic nitrogens is 1. The summed E-state index contributed by atoms with van der Waals surface area (Å²) in [6.45, 7) is 6.15. The summed E-state index contributed by atoms with van der Waals surface area (Å²) < 4.78 is 25.5. The molecule has 1 fully saturated rings. The van der Waals surface area contributed by atoms with Gasteiger partial charge < -0.3 is 5.32 Å². The molecule has 2 nitrogen and oxygen atoms in total. The van der Waals surface area contributed by atoms with Crippen molar-refractivity contribution < 1.29 is 8.78 Å². The van der Waals surface area contributed by atoms with Gasteiger partial charge in [-0.25, -0.2) is 13.8 Å². The zero-order valence-corrected chi connectivity index (χ0v) is 11.5. The van der Waals surface area contributed by atoms with Gasteiger partial charge in [-0.1, -0.05) is 32.4 Å². The molecule has 0 aromatic carbocycles. The number of hydrogen-bond donors (Lipinski definition) is 1. The highest BCUT2D eigenvalue weighted by molar-refractivity contribution is 6.31. The van der Waals surface area contributed by atoms with Crippen LogP contribution in [0.25, 0.3) is 0 Å². The van der Waals surface area contributed by atoms with Gasteiger partial charge in [0.25, 0.3) is 5.92 Å². The second-order valence-electron chi connectivity index (χ2n) is 5.90. The van der Waals surface area contributed by atoms with Crippen LogP contribution in [0, 0.1) is 0 Å². The Morgan fingerprint density at radius 2 is 2.00 bits per heavy atom. The molecule has 0 radical (unpaired) electrons. The first-order chi connectivity index (χ1) is 8.17. The highest BCUT2D eigenvalue weighted by Gasteiger charge is 2.45. The molecule has 1 aromatic heterocycles. The molecule has 1 heterocycles. The molecule has 0 bridgehead atoms. The van der Waals surface area contributed by atoms with E-state index in [9.17, 15) is 8.78 Å². The van der Waals surface area contributed by atoms with Gasteiger partial charge >= 0.3 is 0 Å². The van der Waals surface area contributed by atoms with Crippen LogP contribution in [0.15, 0.2) is 12.3 Å². The first-order valence-electron chi connectivity index (χ1n) is 5.98. The van der Waals surface area contributed by atoms with Crippen LogP contribution >= 0.6 is 11.6 Å². The smallest absolute Gasteiger partial charge is 0.252 e. The Hall–Kier alpha value is -0.900. The maximum Gasteiger partial charge on any atom is 0.252 e. The predicted octanol–water partition coefficient (Wildman–Crippen LogP) is 4.24. The van der Waals surface area contributed by atoms with Gasteiger partial charge in [0.2, 0.25) is 0 Å². The van der Waals surface area contributed by atoms with E-state index in [0.29, 0.717) is 10.8 Å². The monoisotopic (exact) mass is 274 g/mol. The van der Waals surface area contributed by atoms with Crippen LogP contribution in [0.3, 0.4) is 0 Å². The molecule has 0 unspecified atom stereocenters. The Labute approximate surface area is 111 Å². The van der Waals surface area contributed by atoms with E-state index in [4.69, 9.17) is 11.6 Å². The number of alkyl halides is 2. The van der Waals surface area contributed by atoms with Crippen molar-refractivity contribution in [3.63, 3.8) is 0 Å². The van der Waals surface area contributed by atoms with Gasteiger partial charge in [-0.05, 0) is 17.0 Å². The summed E-state index contributed by atoms with van der Waals surface area (Å²) in [6.07, 6.45) is 1.32. The van der Waals surface area contributed by atoms with Crippen LogP contribution in [0.5, 0.6) is 0 Å². The van der Waals surface area contributed by atoms with E-state index in [0.717, 1.165) is 5.56 Å². The van der Waals surface area contributed by atoms with Gasteiger partial charge in [0.05, 0.1) is 5.02 Å². The average molecular weight is 275 g/mol. The topological polar surface area (TPSA) is 24.9 Å². The fourth-order valence-corrected chi connectivity index (χ4v) is 2.45. The van der Waals surface area contributed by atoms with Crippen molar-refractivity contribution in [1.29, 1.82) is 0 Å². The highest BCUT2D eigenvalue weighted by Crippen LogP contribution is 2.39. The maximum atomic E-state index is 12.7. The quantitative estimate of drug-likeness (QED) is 0.872. The van der Waals surface area contributed by atoms with Crippen molar-refractivity contribution in [2.24, 2.45) is 0 Å². The van der Waals surface area contributed by atoms with E-state index in [1.54, 1.807) is 6.20 Å². The number of halogens is 3. The normalized spacial score (nSPS) is 19.4. The molecule has 1 saturated carbocycles. The lowest BCUT2D eigenvalue weighted by molar-refractivity contribution is -0.0794. The molecule has 1 N–H and O–H groups in total. The molecule has 1 aromatic rings. The predicted molar refractivity (Wildman–Crippen MR) is 69.5 cm³/mol. The number of rotatable bonds is 2. The molecule has 0 aliphatic heterocycles. The SMILES string of the molecule is CC(C)(C)c1cc(NC2CC(F)(F)C2)ncc1Cl. The van der Waals surface area contributed by atoms with Crippen LogP contribution in [-0.4, -0.2) is 16.9 Å². The molecule has 2 rings (SSSR count). The molecule has 1 aliphatic rings. The molecule has 100 valence electrons. The van der Waals surface area contributed by atoms with Crippen molar-refractivity contribution in [3.05, 3.63) is 22.8 Å². The molecule has 0 spiro atoms. The largest absolute Gasteiger partial charge is 0.367 e. The number of anilines is 1. The molecule has 18 heavy (non-hydrogen) atoms. The van der Waals surface area contributed by atoms with Crippen LogP contribution in [0.1, 0.15) is 39.2 Å². The average Bonchev–Trinajstić information content (AvgIpc) is 2.16. The fourth-order valence-electron chi connectivity index (χ4n) is 2.06. The number of hydrogen-bond acceptors (Lipinski definition) is 2. The summed E-state index contributed by atoms with van der Waals surface area (Å²) in [5, 5.41) is 3.63. The Kier molecular flexibility index (Phi) is 3.26. The van der Waals surface area contributed by atoms with Crippen molar-refractivity contribution in [3.8, 4) is 0 Å². The number of nitrogens with zero attached hydrogens (tertiary/aromatic N) is 1. The molecule has 5 heteroatoms. The summed E-state index contributed by atoms with van der Waals surface area (Å²) in [5.41, 5.74) is 0.868. The van der Waals surface area contributed by atoms with E-state index in [1.807, 2.05) is 6.07 Å². The first kappa shape index (κ1) is 13.5. The Balaban J connectivity index is 2.11. The third-order valence-electron chi connectivity index (χ3n) is 3.11. The van der Waals surface area contributed by atoms with Crippen LogP contribution in [-0.2, 0) is 5.41 Å². The third kappa shape index (κ3) is 2.91. The summed E-state index contributed by atoms with van der Waals surface area (Å²) >= 11 is 6.10. The zero-order valence-electron chi connectivity index (χ0n) is 10.7. The van der Waals surface area contributed by atoms with E-state index in [1.165, 1.54) is 0 Å². The summed E-state index contributed by atoms with van der Waals surface area (Å²) in [6, 6.07) is 1.65. The van der Waals surface area contributed by atoms with Crippen LogP contribution < -0.4 is 5.32 Å². The van der Waals surface area contributed by atoms with Gasteiger partial charge in [-0.2, -0.15) is 0 Å². The third-order valence-corrected chi connectivity index (χ3v) is 3.41.